The van der Waals surface area contributed by atoms with Gasteiger partial charge in [0.15, 0.2) is 0 Å². The van der Waals surface area contributed by atoms with E-state index in [2.05, 4.69) is 118 Å². The Hall–Kier alpha value is -2.27. The average Bonchev–Trinajstić information content (AvgIpc) is 2.87. The first kappa shape index (κ1) is 31.7. The molecular formula is C30H50N4. The van der Waals surface area contributed by atoms with Crippen LogP contribution >= 0.6 is 0 Å². The third kappa shape index (κ3) is 15.5. The zero-order chi connectivity index (χ0) is 25.6. The third-order valence-corrected chi connectivity index (χ3v) is 5.46. The van der Waals surface area contributed by atoms with E-state index in [1.165, 1.54) is 52.8 Å². The number of hydrogen-bond acceptors (Lipinski definition) is 4. The van der Waals surface area contributed by atoms with Gasteiger partial charge in [0.2, 0.25) is 0 Å². The van der Waals surface area contributed by atoms with Crippen LogP contribution in [0.25, 0.3) is 11.1 Å². The van der Waals surface area contributed by atoms with Crippen LogP contribution in [0.3, 0.4) is 0 Å². The number of allylic oxidation sites excluding steroid dienone is 2. The molecule has 0 fully saturated rings. The number of aliphatic imine (C=N–C) groups is 1. The van der Waals surface area contributed by atoms with E-state index in [4.69, 9.17) is 0 Å². The Kier molecular flexibility index (Phi) is 19.9. The fourth-order valence-electron chi connectivity index (χ4n) is 3.06. The van der Waals surface area contributed by atoms with Crippen molar-refractivity contribution in [1.29, 1.82) is 0 Å². The summed E-state index contributed by atoms with van der Waals surface area (Å²) >= 11 is 0. The van der Waals surface area contributed by atoms with E-state index < -0.39 is 0 Å². The lowest BCUT2D eigenvalue weighted by atomic mass is 9.99. The van der Waals surface area contributed by atoms with E-state index in [9.17, 15) is 0 Å². The quantitative estimate of drug-likeness (QED) is 0.139. The molecule has 2 aromatic rings. The SMILES string of the molecule is CCCC/C(C)=C\CC(C)=NC.CCCNNNC.CCc1ccc(-c2ccccc2C)cc1. The lowest BCUT2D eigenvalue weighted by Gasteiger charge is -2.06. The minimum absolute atomic E-state index is 1.00. The molecule has 2 aromatic carbocycles. The Morgan fingerprint density at radius 1 is 0.941 bits per heavy atom. The van der Waals surface area contributed by atoms with Crippen LogP contribution in [0.15, 0.2) is 65.2 Å². The topological polar surface area (TPSA) is 48.5 Å². The Labute approximate surface area is 210 Å². The van der Waals surface area contributed by atoms with Crippen molar-refractivity contribution in [3.05, 3.63) is 71.3 Å². The van der Waals surface area contributed by atoms with E-state index in [-0.39, 0.29) is 0 Å². The summed E-state index contributed by atoms with van der Waals surface area (Å²) < 4.78 is 0. The van der Waals surface area contributed by atoms with Crippen LogP contribution in [0.2, 0.25) is 0 Å². The van der Waals surface area contributed by atoms with Crippen LogP contribution in [0.5, 0.6) is 0 Å². The molecule has 3 N–H and O–H groups in total. The van der Waals surface area contributed by atoms with Gasteiger partial charge < -0.3 is 0 Å². The number of nitrogens with one attached hydrogen (secondary N) is 3. The number of nitrogens with zero attached hydrogens (tertiary/aromatic N) is 1. The number of rotatable bonds is 11. The van der Waals surface area contributed by atoms with Gasteiger partial charge in [0.25, 0.3) is 0 Å². The highest BCUT2D eigenvalue weighted by Crippen LogP contribution is 2.23. The van der Waals surface area contributed by atoms with Gasteiger partial charge in [-0.25, -0.2) is 10.9 Å². The third-order valence-electron chi connectivity index (χ3n) is 5.46. The molecule has 0 aliphatic heterocycles. The summed E-state index contributed by atoms with van der Waals surface area (Å²) in [6.45, 7) is 14.0. The molecule has 0 spiro atoms. The molecule has 0 aliphatic carbocycles. The first-order chi connectivity index (χ1) is 16.4. The molecule has 4 nitrogen and oxygen atoms in total. The van der Waals surface area contributed by atoms with E-state index >= 15 is 0 Å². The van der Waals surface area contributed by atoms with E-state index in [1.807, 2.05) is 14.1 Å². The van der Waals surface area contributed by atoms with Crippen molar-refractivity contribution in [3.63, 3.8) is 0 Å². The lowest BCUT2D eigenvalue weighted by Crippen LogP contribution is -2.41. The van der Waals surface area contributed by atoms with E-state index in [0.717, 1.165) is 25.8 Å². The second-order valence-corrected chi connectivity index (χ2v) is 8.48. The predicted octanol–water partition coefficient (Wildman–Crippen LogP) is 7.45. The molecule has 0 aromatic heterocycles. The van der Waals surface area contributed by atoms with Crippen LogP contribution < -0.4 is 16.4 Å². The van der Waals surface area contributed by atoms with Gasteiger partial charge in [-0.1, -0.05) is 87.4 Å². The summed E-state index contributed by atoms with van der Waals surface area (Å²) in [6, 6.07) is 17.3. The molecule has 0 saturated carbocycles. The van der Waals surface area contributed by atoms with Crippen molar-refractivity contribution in [2.24, 2.45) is 4.99 Å². The van der Waals surface area contributed by atoms with Gasteiger partial charge >= 0.3 is 0 Å². The van der Waals surface area contributed by atoms with Crippen LogP contribution in [-0.2, 0) is 6.42 Å². The number of unbranched alkanes of at least 4 members (excludes halogenated alkanes) is 1. The van der Waals surface area contributed by atoms with Gasteiger partial charge in [-0.2, -0.15) is 5.53 Å². The molecule has 0 aliphatic rings. The second-order valence-electron chi connectivity index (χ2n) is 8.48. The van der Waals surface area contributed by atoms with Crippen molar-refractivity contribution in [3.8, 4) is 11.1 Å². The lowest BCUT2D eigenvalue weighted by molar-refractivity contribution is 0.469. The van der Waals surface area contributed by atoms with Gasteiger partial charge in [0, 0.05) is 25.7 Å². The van der Waals surface area contributed by atoms with Crippen LogP contribution in [0, 0.1) is 6.92 Å². The van der Waals surface area contributed by atoms with Gasteiger partial charge in [-0.3, -0.25) is 4.99 Å². The van der Waals surface area contributed by atoms with E-state index in [1.54, 1.807) is 0 Å². The molecule has 0 unspecified atom stereocenters. The van der Waals surface area contributed by atoms with E-state index in [0.29, 0.717) is 0 Å². The zero-order valence-electron chi connectivity index (χ0n) is 23.1. The number of hydrogen-bond donors (Lipinski definition) is 3. The Morgan fingerprint density at radius 3 is 2.15 bits per heavy atom. The van der Waals surface area contributed by atoms with Gasteiger partial charge in [-0.15, -0.1) is 0 Å². The highest BCUT2D eigenvalue weighted by Gasteiger charge is 1.99. The molecule has 0 bridgehead atoms. The van der Waals surface area contributed by atoms with Crippen molar-refractivity contribution in [1.82, 2.24) is 16.4 Å². The molecule has 0 heterocycles. The van der Waals surface area contributed by atoms with Gasteiger partial charge in [-0.05, 0) is 75.8 Å². The standard InChI is InChI=1S/C15H16.C11H21N.C4H13N3/c1-3-13-8-10-14(11-9-13)15-7-5-4-6-12(15)2;1-5-6-7-10(2)8-9-11(3)12-4;1-3-4-6-7-5-2/h4-11H,3H2,1-2H3;8H,5-7,9H2,1-4H3;5-7H,3-4H2,1-2H3/b;10-8-,12-11?;. The Balaban J connectivity index is 0.000000516. The highest BCUT2D eigenvalue weighted by molar-refractivity contribution is 5.83. The molecule has 0 atom stereocenters. The molecule has 0 saturated heterocycles. The molecule has 0 radical (unpaired) electrons. The number of benzene rings is 2. The minimum atomic E-state index is 1.00. The Bertz CT molecular complexity index is 803. The van der Waals surface area contributed by atoms with Gasteiger partial charge in [0.05, 0.1) is 0 Å². The maximum atomic E-state index is 4.11. The van der Waals surface area contributed by atoms with Crippen LogP contribution in [0.4, 0.5) is 0 Å². The van der Waals surface area contributed by atoms with Crippen molar-refractivity contribution < 1.29 is 0 Å². The fourth-order valence-corrected chi connectivity index (χ4v) is 3.06. The molecule has 0 amide bonds. The monoisotopic (exact) mass is 466 g/mol. The summed E-state index contributed by atoms with van der Waals surface area (Å²) in [5.41, 5.74) is 16.5. The van der Waals surface area contributed by atoms with Crippen molar-refractivity contribution >= 4 is 5.71 Å². The maximum absolute atomic E-state index is 4.11. The number of aryl methyl sites for hydroxylation is 2. The molecule has 2 rings (SSSR count). The van der Waals surface area contributed by atoms with Crippen LogP contribution in [-0.4, -0.2) is 26.4 Å². The summed E-state index contributed by atoms with van der Waals surface area (Å²) in [5, 5.41) is 0. The summed E-state index contributed by atoms with van der Waals surface area (Å²) in [7, 11) is 3.67. The van der Waals surface area contributed by atoms with Crippen LogP contribution in [0.1, 0.15) is 77.8 Å². The predicted molar refractivity (Wildman–Crippen MR) is 153 cm³/mol. The second kappa shape index (κ2) is 21.3. The molecule has 4 heteroatoms. The van der Waals surface area contributed by atoms with Gasteiger partial charge in [0.1, 0.15) is 0 Å². The summed E-state index contributed by atoms with van der Waals surface area (Å²) in [4.78, 5) is 4.11. The first-order valence-corrected chi connectivity index (χ1v) is 12.8. The van der Waals surface area contributed by atoms with Crippen molar-refractivity contribution in [2.45, 2.75) is 80.1 Å². The molecular weight excluding hydrogens is 416 g/mol. The highest BCUT2D eigenvalue weighted by atomic mass is 15.6. The summed E-state index contributed by atoms with van der Waals surface area (Å²) in [5.74, 6) is 0. The number of hydrazine groups is 2. The average molecular weight is 467 g/mol. The zero-order valence-corrected chi connectivity index (χ0v) is 23.1. The maximum Gasteiger partial charge on any atom is 0.0276 e. The summed E-state index contributed by atoms with van der Waals surface area (Å²) in [6.07, 6.45) is 9.40. The first-order valence-electron chi connectivity index (χ1n) is 12.8. The minimum Gasteiger partial charge on any atom is -0.297 e. The fraction of sp³-hybridized carbons (Fsp3) is 0.500. The normalized spacial score (nSPS) is 11.3. The largest absolute Gasteiger partial charge is 0.297 e. The van der Waals surface area contributed by atoms with Crippen molar-refractivity contribution in [2.75, 3.05) is 20.6 Å². The molecule has 190 valence electrons. The Morgan fingerprint density at radius 2 is 1.62 bits per heavy atom. The molecule has 34 heavy (non-hydrogen) atoms. The smallest absolute Gasteiger partial charge is 0.0276 e.